The summed E-state index contributed by atoms with van der Waals surface area (Å²) in [6, 6.07) is 6.90. The number of carbonyl (C=O) groups is 1. The largest absolute Gasteiger partial charge is 0.325 e. The number of piperidine rings is 1. The Bertz CT molecular complexity index is 740. The van der Waals surface area contributed by atoms with Crippen LogP contribution in [0.15, 0.2) is 29.2 Å². The first kappa shape index (κ1) is 19.2. The summed E-state index contributed by atoms with van der Waals surface area (Å²) >= 11 is 0. The zero-order valence-corrected chi connectivity index (χ0v) is 16.7. The van der Waals surface area contributed by atoms with Gasteiger partial charge in [-0.25, -0.2) is 13.2 Å². The van der Waals surface area contributed by atoms with E-state index in [-0.39, 0.29) is 11.9 Å². The fourth-order valence-electron chi connectivity index (χ4n) is 3.90. The molecule has 2 fully saturated rings. The molecule has 0 radical (unpaired) electrons. The van der Waals surface area contributed by atoms with E-state index in [0.29, 0.717) is 18.0 Å². The molecule has 0 bridgehead atoms. The van der Waals surface area contributed by atoms with E-state index in [4.69, 9.17) is 0 Å². The standard InChI is InChI=1S/C19H29N3O3S/c1-15(2)18-21(19(23)20-11-5-4-6-12-20)13-14-22(18)26(24,25)17-9-7-16(3)8-10-17/h7-10,15,18H,4-6,11-14H2,1-3H3/t18-/m0/s1. The number of likely N-dealkylation sites (tertiary alicyclic amines) is 1. The minimum absolute atomic E-state index is 0.0199. The van der Waals surface area contributed by atoms with Crippen molar-refractivity contribution in [1.29, 1.82) is 0 Å². The molecule has 0 unspecified atom stereocenters. The molecule has 1 aromatic carbocycles. The van der Waals surface area contributed by atoms with E-state index in [1.807, 2.05) is 37.8 Å². The first-order valence-electron chi connectivity index (χ1n) is 9.46. The van der Waals surface area contributed by atoms with E-state index in [0.717, 1.165) is 37.9 Å². The second kappa shape index (κ2) is 7.56. The Hall–Kier alpha value is -1.60. The van der Waals surface area contributed by atoms with Gasteiger partial charge in [0.15, 0.2) is 0 Å². The van der Waals surface area contributed by atoms with Crippen molar-refractivity contribution in [2.24, 2.45) is 5.92 Å². The van der Waals surface area contributed by atoms with Crippen molar-refractivity contribution in [3.63, 3.8) is 0 Å². The van der Waals surface area contributed by atoms with Crippen LogP contribution in [0.3, 0.4) is 0 Å². The van der Waals surface area contributed by atoms with Crippen molar-refractivity contribution < 1.29 is 13.2 Å². The van der Waals surface area contributed by atoms with Gasteiger partial charge < -0.3 is 9.80 Å². The Labute approximate surface area is 156 Å². The number of aryl methyl sites for hydroxylation is 1. The van der Waals surface area contributed by atoms with Gasteiger partial charge >= 0.3 is 6.03 Å². The smallest absolute Gasteiger partial charge is 0.321 e. The number of carbonyl (C=O) groups excluding carboxylic acids is 1. The lowest BCUT2D eigenvalue weighted by molar-refractivity contribution is 0.110. The summed E-state index contributed by atoms with van der Waals surface area (Å²) in [7, 11) is -3.63. The Morgan fingerprint density at radius 3 is 2.19 bits per heavy atom. The lowest BCUT2D eigenvalue weighted by Gasteiger charge is -2.37. The summed E-state index contributed by atoms with van der Waals surface area (Å²) < 4.78 is 27.9. The van der Waals surface area contributed by atoms with Gasteiger partial charge in [-0.2, -0.15) is 4.31 Å². The first-order chi connectivity index (χ1) is 12.3. The number of sulfonamides is 1. The molecule has 1 aromatic rings. The maximum Gasteiger partial charge on any atom is 0.321 e. The van der Waals surface area contributed by atoms with Crippen LogP contribution < -0.4 is 0 Å². The van der Waals surface area contributed by atoms with Gasteiger partial charge in [0, 0.05) is 26.2 Å². The van der Waals surface area contributed by atoms with Crippen LogP contribution in [-0.2, 0) is 10.0 Å². The fourth-order valence-corrected chi connectivity index (χ4v) is 5.62. The third-order valence-corrected chi connectivity index (χ3v) is 7.16. The van der Waals surface area contributed by atoms with Crippen molar-refractivity contribution in [2.75, 3.05) is 26.2 Å². The highest BCUT2D eigenvalue weighted by atomic mass is 32.2. The van der Waals surface area contributed by atoms with Crippen LogP contribution in [0.1, 0.15) is 38.7 Å². The quantitative estimate of drug-likeness (QED) is 0.811. The van der Waals surface area contributed by atoms with E-state index in [1.165, 1.54) is 4.31 Å². The van der Waals surface area contributed by atoms with E-state index in [9.17, 15) is 13.2 Å². The van der Waals surface area contributed by atoms with Gasteiger partial charge in [-0.05, 0) is 44.2 Å². The number of rotatable bonds is 3. The van der Waals surface area contributed by atoms with Gasteiger partial charge in [-0.15, -0.1) is 0 Å². The Morgan fingerprint density at radius 1 is 1.00 bits per heavy atom. The maximum atomic E-state index is 13.2. The molecule has 0 aromatic heterocycles. The molecular formula is C19H29N3O3S. The molecule has 144 valence electrons. The lowest BCUT2D eigenvalue weighted by atomic mass is 10.1. The summed E-state index contributed by atoms with van der Waals surface area (Å²) in [6.07, 6.45) is 2.77. The molecule has 7 heteroatoms. The predicted octanol–water partition coefficient (Wildman–Crippen LogP) is 2.89. The van der Waals surface area contributed by atoms with Crippen LogP contribution in [0.5, 0.6) is 0 Å². The molecule has 26 heavy (non-hydrogen) atoms. The Balaban J connectivity index is 1.86. The van der Waals surface area contributed by atoms with E-state index in [2.05, 4.69) is 0 Å². The molecule has 2 heterocycles. The summed E-state index contributed by atoms with van der Waals surface area (Å²) in [6.45, 7) is 8.22. The average Bonchev–Trinajstić information content (AvgIpc) is 3.08. The van der Waals surface area contributed by atoms with Crippen LogP contribution in [0.25, 0.3) is 0 Å². The van der Waals surface area contributed by atoms with Crippen molar-refractivity contribution in [1.82, 2.24) is 14.1 Å². The van der Waals surface area contributed by atoms with Gasteiger partial charge in [0.1, 0.15) is 6.17 Å². The van der Waals surface area contributed by atoms with Gasteiger partial charge in [-0.3, -0.25) is 0 Å². The monoisotopic (exact) mass is 379 g/mol. The second-order valence-corrected chi connectivity index (χ2v) is 9.50. The Morgan fingerprint density at radius 2 is 1.62 bits per heavy atom. The molecular weight excluding hydrogens is 350 g/mol. The molecule has 0 N–H and O–H groups in total. The van der Waals surface area contributed by atoms with Gasteiger partial charge in [0.2, 0.25) is 10.0 Å². The van der Waals surface area contributed by atoms with E-state index < -0.39 is 16.2 Å². The predicted molar refractivity (Wildman–Crippen MR) is 101 cm³/mol. The topological polar surface area (TPSA) is 60.9 Å². The summed E-state index contributed by atoms with van der Waals surface area (Å²) in [4.78, 5) is 16.9. The number of nitrogens with zero attached hydrogens (tertiary/aromatic N) is 3. The number of hydrogen-bond donors (Lipinski definition) is 0. The first-order valence-corrected chi connectivity index (χ1v) is 10.9. The minimum Gasteiger partial charge on any atom is -0.325 e. The molecule has 2 amide bonds. The summed E-state index contributed by atoms with van der Waals surface area (Å²) in [5.41, 5.74) is 1.02. The minimum atomic E-state index is -3.63. The van der Waals surface area contributed by atoms with Crippen LogP contribution >= 0.6 is 0 Å². The average molecular weight is 380 g/mol. The summed E-state index contributed by atoms with van der Waals surface area (Å²) in [5.74, 6) is 0.0199. The number of benzene rings is 1. The molecule has 1 atom stereocenters. The highest BCUT2D eigenvalue weighted by Crippen LogP contribution is 2.30. The third kappa shape index (κ3) is 3.60. The molecule has 2 saturated heterocycles. The SMILES string of the molecule is Cc1ccc(S(=O)(=O)N2CCN(C(=O)N3CCCCC3)[C@@H]2C(C)C)cc1. The van der Waals surface area contributed by atoms with Gasteiger partial charge in [0.05, 0.1) is 4.90 Å². The van der Waals surface area contributed by atoms with Crippen molar-refractivity contribution in [3.05, 3.63) is 29.8 Å². The molecule has 3 rings (SSSR count). The number of urea groups is 1. The maximum absolute atomic E-state index is 13.2. The second-order valence-electron chi connectivity index (χ2n) is 7.61. The molecule has 2 aliphatic rings. The Kier molecular flexibility index (Phi) is 5.58. The fraction of sp³-hybridized carbons (Fsp3) is 0.632. The van der Waals surface area contributed by atoms with Gasteiger partial charge in [0.25, 0.3) is 0 Å². The zero-order valence-electron chi connectivity index (χ0n) is 15.9. The van der Waals surface area contributed by atoms with E-state index >= 15 is 0 Å². The van der Waals surface area contributed by atoms with Crippen LogP contribution in [-0.4, -0.2) is 60.9 Å². The third-order valence-electron chi connectivity index (χ3n) is 5.27. The van der Waals surface area contributed by atoms with Crippen LogP contribution in [0.4, 0.5) is 4.79 Å². The van der Waals surface area contributed by atoms with Crippen molar-refractivity contribution >= 4 is 16.1 Å². The van der Waals surface area contributed by atoms with Crippen LogP contribution in [0, 0.1) is 12.8 Å². The molecule has 0 spiro atoms. The molecule has 2 aliphatic heterocycles. The lowest BCUT2D eigenvalue weighted by Crippen LogP contribution is -2.52. The highest BCUT2D eigenvalue weighted by Gasteiger charge is 2.44. The van der Waals surface area contributed by atoms with Gasteiger partial charge in [-0.1, -0.05) is 31.5 Å². The van der Waals surface area contributed by atoms with E-state index in [1.54, 1.807) is 17.0 Å². The van der Waals surface area contributed by atoms with Crippen molar-refractivity contribution in [2.45, 2.75) is 51.1 Å². The normalized spacial score (nSPS) is 22.2. The van der Waals surface area contributed by atoms with Crippen molar-refractivity contribution in [3.8, 4) is 0 Å². The molecule has 0 saturated carbocycles. The zero-order chi connectivity index (χ0) is 18.9. The molecule has 0 aliphatic carbocycles. The molecule has 6 nitrogen and oxygen atoms in total. The number of amides is 2. The van der Waals surface area contributed by atoms with Crippen LogP contribution in [0.2, 0.25) is 0 Å². The summed E-state index contributed by atoms with van der Waals surface area (Å²) in [5, 5.41) is 0. The highest BCUT2D eigenvalue weighted by molar-refractivity contribution is 7.89. The number of hydrogen-bond acceptors (Lipinski definition) is 3.